The molecule has 9 heteroatoms. The van der Waals surface area contributed by atoms with Crippen LogP contribution < -0.4 is 10.6 Å². The van der Waals surface area contributed by atoms with Crippen molar-refractivity contribution in [3.8, 4) is 11.4 Å². The summed E-state index contributed by atoms with van der Waals surface area (Å²) in [6.45, 7) is 4.07. The van der Waals surface area contributed by atoms with Crippen LogP contribution in [0.5, 0.6) is 0 Å². The topological polar surface area (TPSA) is 80.1 Å². The van der Waals surface area contributed by atoms with Gasteiger partial charge in [-0.25, -0.2) is 0 Å². The predicted molar refractivity (Wildman–Crippen MR) is 92.7 cm³/mol. The van der Waals surface area contributed by atoms with Gasteiger partial charge in [-0.3, -0.25) is 4.79 Å². The number of carbonyl (C=O) groups is 1. The van der Waals surface area contributed by atoms with Crippen LogP contribution in [0.2, 0.25) is 0 Å². The second-order valence-electron chi connectivity index (χ2n) is 6.82. The molecule has 146 valence electrons. The third kappa shape index (κ3) is 5.06. The van der Waals surface area contributed by atoms with Crippen molar-refractivity contribution in [2.75, 3.05) is 18.4 Å². The van der Waals surface area contributed by atoms with Crippen LogP contribution in [0.15, 0.2) is 28.8 Å². The molecule has 0 saturated carbocycles. The molecule has 0 aliphatic carbocycles. The van der Waals surface area contributed by atoms with Gasteiger partial charge in [-0.05, 0) is 62.0 Å². The summed E-state index contributed by atoms with van der Waals surface area (Å²) in [5.41, 5.74) is 0.941. The van der Waals surface area contributed by atoms with Crippen LogP contribution in [0.4, 0.5) is 18.9 Å². The minimum absolute atomic E-state index is 0.0762. The summed E-state index contributed by atoms with van der Waals surface area (Å²) >= 11 is 0. The molecule has 1 unspecified atom stereocenters. The van der Waals surface area contributed by atoms with Gasteiger partial charge >= 0.3 is 12.1 Å². The maximum absolute atomic E-state index is 12.5. The third-order valence-corrected chi connectivity index (χ3v) is 4.79. The summed E-state index contributed by atoms with van der Waals surface area (Å²) in [6, 6.07) is 6.28. The Morgan fingerprint density at radius 1 is 1.30 bits per heavy atom. The number of carbonyl (C=O) groups excluding carboxylic acids is 1. The van der Waals surface area contributed by atoms with Gasteiger partial charge in [0.15, 0.2) is 0 Å². The van der Waals surface area contributed by atoms with Crippen molar-refractivity contribution in [3.05, 3.63) is 30.2 Å². The Morgan fingerprint density at radius 3 is 2.56 bits per heavy atom. The zero-order chi connectivity index (χ0) is 19.4. The third-order valence-electron chi connectivity index (χ3n) is 4.79. The molecule has 1 fully saturated rings. The maximum atomic E-state index is 12.5. The first-order valence-corrected chi connectivity index (χ1v) is 8.85. The summed E-state index contributed by atoms with van der Waals surface area (Å²) in [5, 5.41) is 9.47. The first-order valence-electron chi connectivity index (χ1n) is 8.85. The summed E-state index contributed by atoms with van der Waals surface area (Å²) in [4.78, 5) is 15.6. The number of rotatable bonds is 5. The maximum Gasteiger partial charge on any atom is 0.471 e. The van der Waals surface area contributed by atoms with Crippen molar-refractivity contribution in [3.63, 3.8) is 0 Å². The van der Waals surface area contributed by atoms with Gasteiger partial charge in [0.2, 0.25) is 11.7 Å². The van der Waals surface area contributed by atoms with Crippen LogP contribution in [-0.4, -0.2) is 29.1 Å². The molecule has 0 spiro atoms. The Labute approximate surface area is 154 Å². The highest BCUT2D eigenvalue weighted by Crippen LogP contribution is 2.30. The normalized spacial score (nSPS) is 16.9. The monoisotopic (exact) mass is 382 g/mol. The van der Waals surface area contributed by atoms with Crippen molar-refractivity contribution >= 4 is 11.6 Å². The number of halogens is 3. The Hall–Kier alpha value is -2.42. The molecule has 1 amide bonds. The molecule has 1 saturated heterocycles. The van der Waals surface area contributed by atoms with E-state index in [4.69, 9.17) is 0 Å². The number of alkyl halides is 3. The SMILES string of the molecule is CC(CC(=O)Nc1ccc(-c2noc(C(F)(F)F)n2)cc1)C1CCNCC1. The van der Waals surface area contributed by atoms with Gasteiger partial charge in [-0.2, -0.15) is 18.2 Å². The highest BCUT2D eigenvalue weighted by molar-refractivity contribution is 5.91. The molecule has 1 aromatic heterocycles. The van der Waals surface area contributed by atoms with Crippen molar-refractivity contribution in [2.45, 2.75) is 32.4 Å². The molecule has 2 heterocycles. The van der Waals surface area contributed by atoms with Gasteiger partial charge in [0, 0.05) is 17.7 Å². The second-order valence-corrected chi connectivity index (χ2v) is 6.82. The molecule has 27 heavy (non-hydrogen) atoms. The average molecular weight is 382 g/mol. The van der Waals surface area contributed by atoms with Crippen LogP contribution in [0.25, 0.3) is 11.4 Å². The van der Waals surface area contributed by atoms with E-state index >= 15 is 0 Å². The summed E-state index contributed by atoms with van der Waals surface area (Å²) in [6.07, 6.45) is -2.09. The number of hydrogen-bond acceptors (Lipinski definition) is 5. The molecule has 6 nitrogen and oxygen atoms in total. The van der Waals surface area contributed by atoms with Gasteiger partial charge in [0.1, 0.15) is 0 Å². The van der Waals surface area contributed by atoms with E-state index in [0.717, 1.165) is 25.9 Å². The van der Waals surface area contributed by atoms with Gasteiger partial charge in [0.25, 0.3) is 0 Å². The number of piperidine rings is 1. The van der Waals surface area contributed by atoms with E-state index < -0.39 is 12.1 Å². The number of nitrogens with zero attached hydrogens (tertiary/aromatic N) is 2. The Kier molecular flexibility index (Phi) is 5.79. The van der Waals surface area contributed by atoms with E-state index in [1.165, 1.54) is 12.1 Å². The lowest BCUT2D eigenvalue weighted by molar-refractivity contribution is -0.159. The van der Waals surface area contributed by atoms with Crippen LogP contribution in [0.1, 0.15) is 32.1 Å². The second kappa shape index (κ2) is 8.08. The van der Waals surface area contributed by atoms with Crippen LogP contribution in [0, 0.1) is 11.8 Å². The number of hydrogen-bond donors (Lipinski definition) is 2. The minimum Gasteiger partial charge on any atom is -0.329 e. The van der Waals surface area contributed by atoms with Crippen molar-refractivity contribution < 1.29 is 22.5 Å². The largest absolute Gasteiger partial charge is 0.471 e. The van der Waals surface area contributed by atoms with Crippen LogP contribution >= 0.6 is 0 Å². The fourth-order valence-corrected chi connectivity index (χ4v) is 3.24. The van der Waals surface area contributed by atoms with E-state index in [9.17, 15) is 18.0 Å². The lowest BCUT2D eigenvalue weighted by atomic mass is 9.84. The van der Waals surface area contributed by atoms with Crippen LogP contribution in [0.3, 0.4) is 0 Å². The molecule has 1 atom stereocenters. The predicted octanol–water partition coefficient (Wildman–Crippen LogP) is 3.72. The first-order chi connectivity index (χ1) is 12.8. The first kappa shape index (κ1) is 19.3. The Morgan fingerprint density at radius 2 is 1.96 bits per heavy atom. The van der Waals surface area contributed by atoms with E-state index in [-0.39, 0.29) is 11.7 Å². The highest BCUT2D eigenvalue weighted by Gasteiger charge is 2.38. The van der Waals surface area contributed by atoms with Crippen molar-refractivity contribution in [2.24, 2.45) is 11.8 Å². The van der Waals surface area contributed by atoms with Gasteiger partial charge in [-0.15, -0.1) is 0 Å². The van der Waals surface area contributed by atoms with E-state index in [1.807, 2.05) is 0 Å². The molecule has 2 N–H and O–H groups in total. The molecule has 2 aromatic rings. The highest BCUT2D eigenvalue weighted by atomic mass is 19.4. The molecule has 1 aliphatic heterocycles. The number of nitrogens with one attached hydrogen (secondary N) is 2. The lowest BCUT2D eigenvalue weighted by Crippen LogP contribution is -2.32. The lowest BCUT2D eigenvalue weighted by Gasteiger charge is -2.27. The molecule has 0 bridgehead atoms. The number of benzene rings is 1. The Bertz CT molecular complexity index is 768. The molecular formula is C18H21F3N4O2. The smallest absolute Gasteiger partial charge is 0.329 e. The Balaban J connectivity index is 1.57. The van der Waals surface area contributed by atoms with Crippen molar-refractivity contribution in [1.29, 1.82) is 0 Å². The summed E-state index contributed by atoms with van der Waals surface area (Å²) < 4.78 is 41.8. The fraction of sp³-hybridized carbons (Fsp3) is 0.500. The molecule has 1 aliphatic rings. The zero-order valence-corrected chi connectivity index (χ0v) is 14.8. The molecule has 0 radical (unpaired) electrons. The number of aromatic nitrogens is 2. The van der Waals surface area contributed by atoms with E-state index in [0.29, 0.717) is 29.5 Å². The number of anilines is 1. The minimum atomic E-state index is -4.68. The molecule has 1 aromatic carbocycles. The quantitative estimate of drug-likeness (QED) is 0.824. The summed E-state index contributed by atoms with van der Waals surface area (Å²) in [7, 11) is 0. The summed E-state index contributed by atoms with van der Waals surface area (Å²) in [5.74, 6) is -0.777. The number of amides is 1. The standard InChI is InChI=1S/C18H21F3N4O2/c1-11(12-6-8-22-9-7-12)10-15(26)23-14-4-2-13(3-5-14)16-24-17(27-25-16)18(19,20)21/h2-5,11-12,22H,6-10H2,1H3,(H,23,26). The van der Waals surface area contributed by atoms with Gasteiger partial charge in [0.05, 0.1) is 0 Å². The van der Waals surface area contributed by atoms with Crippen LogP contribution in [-0.2, 0) is 11.0 Å². The average Bonchev–Trinajstić information content (AvgIpc) is 3.13. The zero-order valence-electron chi connectivity index (χ0n) is 14.8. The van der Waals surface area contributed by atoms with E-state index in [1.54, 1.807) is 12.1 Å². The van der Waals surface area contributed by atoms with Gasteiger partial charge in [-0.1, -0.05) is 12.1 Å². The van der Waals surface area contributed by atoms with E-state index in [2.05, 4.69) is 32.2 Å². The molecular weight excluding hydrogens is 361 g/mol. The van der Waals surface area contributed by atoms with Gasteiger partial charge < -0.3 is 15.2 Å². The van der Waals surface area contributed by atoms with Crippen molar-refractivity contribution in [1.82, 2.24) is 15.5 Å². The molecule has 3 rings (SSSR count). The fourth-order valence-electron chi connectivity index (χ4n) is 3.24.